The third kappa shape index (κ3) is 6.46. The molecule has 0 aliphatic rings. The molecular weight excluding hydrogens is 503 g/mol. The SMILES string of the molecule is CCN(Cc1ccc(Cl)nc1)/C(NC)=C(/C(c1ccc(Cl)cc1Cl)C(C(C)=O)C(C)=O)[N+](=O)[O-]. The van der Waals surface area contributed by atoms with Crippen LogP contribution in [-0.4, -0.2) is 40.0 Å². The molecule has 0 spiro atoms. The molecule has 0 saturated carbocycles. The number of pyridine rings is 1. The monoisotopic (exact) mass is 526 g/mol. The molecule has 0 radical (unpaired) electrons. The van der Waals surface area contributed by atoms with Crippen molar-refractivity contribution in [2.75, 3.05) is 13.6 Å². The molecule has 11 heteroatoms. The lowest BCUT2D eigenvalue weighted by molar-refractivity contribution is -0.433. The van der Waals surface area contributed by atoms with Crippen LogP contribution in [-0.2, 0) is 16.1 Å². The molecule has 0 fully saturated rings. The number of Topliss-reactive ketones (excluding diaryl/α,β-unsaturated/α-hetero) is 2. The van der Waals surface area contributed by atoms with Crippen LogP contribution < -0.4 is 5.32 Å². The second kappa shape index (κ2) is 12.1. The maximum absolute atomic E-state index is 12.6. The second-order valence-electron chi connectivity index (χ2n) is 7.59. The van der Waals surface area contributed by atoms with Crippen LogP contribution in [0.5, 0.6) is 0 Å². The molecule has 8 nitrogen and oxygen atoms in total. The summed E-state index contributed by atoms with van der Waals surface area (Å²) in [5, 5.41) is 16.2. The molecule has 0 bridgehead atoms. The number of nitrogens with one attached hydrogen (secondary N) is 1. The number of hydrogen-bond acceptors (Lipinski definition) is 7. The Morgan fingerprint density at radius 3 is 2.24 bits per heavy atom. The summed E-state index contributed by atoms with van der Waals surface area (Å²) < 4.78 is 0. The minimum atomic E-state index is -1.32. The minimum Gasteiger partial charge on any atom is -0.369 e. The van der Waals surface area contributed by atoms with Crippen LogP contribution in [0, 0.1) is 16.0 Å². The van der Waals surface area contributed by atoms with Gasteiger partial charge in [0.2, 0.25) is 0 Å². The van der Waals surface area contributed by atoms with Gasteiger partial charge in [-0.05, 0) is 50.1 Å². The first-order valence-corrected chi connectivity index (χ1v) is 11.5. The average molecular weight is 528 g/mol. The Morgan fingerprint density at radius 1 is 1.15 bits per heavy atom. The van der Waals surface area contributed by atoms with Gasteiger partial charge in [0.25, 0.3) is 5.70 Å². The number of aromatic nitrogens is 1. The Labute approximate surface area is 213 Å². The number of nitro groups is 1. The van der Waals surface area contributed by atoms with E-state index in [1.54, 1.807) is 30.3 Å². The van der Waals surface area contributed by atoms with Gasteiger partial charge in [-0.1, -0.05) is 46.9 Å². The molecule has 1 N–H and O–H groups in total. The van der Waals surface area contributed by atoms with Gasteiger partial charge in [-0.15, -0.1) is 0 Å². The molecule has 1 atom stereocenters. The van der Waals surface area contributed by atoms with E-state index in [1.165, 1.54) is 32.0 Å². The van der Waals surface area contributed by atoms with Gasteiger partial charge in [0.05, 0.1) is 16.8 Å². The molecule has 1 aromatic heterocycles. The Balaban J connectivity index is 2.81. The molecule has 1 unspecified atom stereocenters. The number of carbonyl (C=O) groups is 2. The molecule has 1 aromatic carbocycles. The lowest BCUT2D eigenvalue weighted by Gasteiger charge is -2.29. The highest BCUT2D eigenvalue weighted by atomic mass is 35.5. The maximum atomic E-state index is 12.6. The number of halogens is 3. The van der Waals surface area contributed by atoms with Crippen LogP contribution in [0.25, 0.3) is 0 Å². The first-order chi connectivity index (χ1) is 16.0. The molecular formula is C23H25Cl3N4O4. The zero-order chi connectivity index (χ0) is 25.6. The summed E-state index contributed by atoms with van der Waals surface area (Å²) in [5.41, 5.74) is 0.661. The Hall–Kier alpha value is -2.68. The van der Waals surface area contributed by atoms with Crippen molar-refractivity contribution in [2.45, 2.75) is 33.2 Å². The number of rotatable bonds is 11. The van der Waals surface area contributed by atoms with E-state index in [2.05, 4.69) is 10.3 Å². The summed E-state index contributed by atoms with van der Waals surface area (Å²) in [6, 6.07) is 7.83. The largest absolute Gasteiger partial charge is 0.369 e. The lowest BCUT2D eigenvalue weighted by Crippen LogP contribution is -2.37. The van der Waals surface area contributed by atoms with Crippen LogP contribution in [0.2, 0.25) is 15.2 Å². The average Bonchev–Trinajstić information content (AvgIpc) is 2.75. The van der Waals surface area contributed by atoms with Gasteiger partial charge in [-0.25, -0.2) is 4.98 Å². The summed E-state index contributed by atoms with van der Waals surface area (Å²) in [7, 11) is 1.54. The first kappa shape index (κ1) is 27.6. The van der Waals surface area contributed by atoms with E-state index in [0.717, 1.165) is 5.56 Å². The highest BCUT2D eigenvalue weighted by Crippen LogP contribution is 2.40. The summed E-state index contributed by atoms with van der Waals surface area (Å²) in [6.45, 7) is 4.94. The third-order valence-corrected chi connectivity index (χ3v) is 6.12. The zero-order valence-electron chi connectivity index (χ0n) is 19.1. The van der Waals surface area contributed by atoms with Crippen molar-refractivity contribution in [3.05, 3.63) is 84.5 Å². The van der Waals surface area contributed by atoms with Gasteiger partial charge in [-0.2, -0.15) is 0 Å². The number of ketones is 2. The number of allylic oxidation sites excluding steroid dienone is 1. The third-order valence-electron chi connectivity index (χ3n) is 5.34. The molecule has 2 rings (SSSR count). The van der Waals surface area contributed by atoms with E-state index < -0.39 is 28.3 Å². The van der Waals surface area contributed by atoms with Crippen molar-refractivity contribution in [1.82, 2.24) is 15.2 Å². The fourth-order valence-electron chi connectivity index (χ4n) is 3.86. The smallest absolute Gasteiger partial charge is 0.294 e. The molecule has 0 saturated heterocycles. The predicted molar refractivity (Wildman–Crippen MR) is 132 cm³/mol. The molecule has 0 aliphatic carbocycles. The summed E-state index contributed by atoms with van der Waals surface area (Å²) in [5.74, 6) is -3.45. The highest BCUT2D eigenvalue weighted by molar-refractivity contribution is 6.35. The standard InChI is InChI=1S/C23H25Cl3N4O4/c1-5-29(12-15-6-9-19(26)28-11-15)23(27-4)22(30(33)34)21(20(13(2)31)14(3)32)17-8-7-16(24)10-18(17)25/h6-11,20-21,27H,5,12H2,1-4H3/b23-22-. The van der Waals surface area contributed by atoms with Gasteiger partial charge in [-0.3, -0.25) is 19.7 Å². The van der Waals surface area contributed by atoms with Crippen LogP contribution in [0.15, 0.2) is 48.0 Å². The van der Waals surface area contributed by atoms with Crippen molar-refractivity contribution < 1.29 is 14.5 Å². The van der Waals surface area contributed by atoms with Crippen molar-refractivity contribution in [3.8, 4) is 0 Å². The maximum Gasteiger partial charge on any atom is 0.294 e. The fourth-order valence-corrected chi connectivity index (χ4v) is 4.50. The first-order valence-electron chi connectivity index (χ1n) is 10.4. The van der Waals surface area contributed by atoms with E-state index in [-0.39, 0.29) is 28.6 Å². The van der Waals surface area contributed by atoms with Crippen molar-refractivity contribution in [2.24, 2.45) is 5.92 Å². The molecule has 1 heterocycles. The molecule has 0 amide bonds. The van der Waals surface area contributed by atoms with Crippen LogP contribution in [0.3, 0.4) is 0 Å². The minimum absolute atomic E-state index is 0.116. The number of benzene rings is 1. The zero-order valence-corrected chi connectivity index (χ0v) is 21.4. The molecule has 2 aromatic rings. The van der Waals surface area contributed by atoms with E-state index in [9.17, 15) is 19.7 Å². The number of nitrogens with zero attached hydrogens (tertiary/aromatic N) is 3. The molecule has 0 aliphatic heterocycles. The van der Waals surface area contributed by atoms with Crippen LogP contribution in [0.4, 0.5) is 0 Å². The summed E-state index contributed by atoms with van der Waals surface area (Å²) in [4.78, 5) is 42.9. The number of carbonyl (C=O) groups excluding carboxylic acids is 2. The normalized spacial score (nSPS) is 12.7. The Kier molecular flexibility index (Phi) is 9.85. The lowest BCUT2D eigenvalue weighted by atomic mass is 9.79. The van der Waals surface area contributed by atoms with Gasteiger partial charge in [0.15, 0.2) is 5.82 Å². The van der Waals surface area contributed by atoms with Gasteiger partial charge in [0.1, 0.15) is 16.7 Å². The summed E-state index contributed by atoms with van der Waals surface area (Å²) >= 11 is 18.3. The van der Waals surface area contributed by atoms with Gasteiger partial charge >= 0.3 is 0 Å². The topological polar surface area (TPSA) is 105 Å². The second-order valence-corrected chi connectivity index (χ2v) is 8.82. The Bertz CT molecular complexity index is 1090. The van der Waals surface area contributed by atoms with Crippen LogP contribution >= 0.6 is 34.8 Å². The van der Waals surface area contributed by atoms with E-state index in [4.69, 9.17) is 34.8 Å². The Morgan fingerprint density at radius 2 is 1.79 bits per heavy atom. The van der Waals surface area contributed by atoms with E-state index >= 15 is 0 Å². The summed E-state index contributed by atoms with van der Waals surface area (Å²) in [6.07, 6.45) is 1.57. The van der Waals surface area contributed by atoms with Gasteiger partial charge < -0.3 is 10.2 Å². The number of hydrogen-bond donors (Lipinski definition) is 1. The van der Waals surface area contributed by atoms with Gasteiger partial charge in [0, 0.05) is 36.4 Å². The van der Waals surface area contributed by atoms with Crippen molar-refractivity contribution in [1.29, 1.82) is 0 Å². The van der Waals surface area contributed by atoms with Crippen LogP contribution in [0.1, 0.15) is 37.8 Å². The quantitative estimate of drug-likeness (QED) is 0.187. The van der Waals surface area contributed by atoms with Crippen molar-refractivity contribution in [3.63, 3.8) is 0 Å². The van der Waals surface area contributed by atoms with Crippen molar-refractivity contribution >= 4 is 46.4 Å². The molecule has 182 valence electrons. The van der Waals surface area contributed by atoms with E-state index in [0.29, 0.717) is 16.7 Å². The molecule has 34 heavy (non-hydrogen) atoms. The van der Waals surface area contributed by atoms with E-state index in [1.807, 2.05) is 6.92 Å². The highest BCUT2D eigenvalue weighted by Gasteiger charge is 2.43. The fraction of sp³-hybridized carbons (Fsp3) is 0.348. The predicted octanol–water partition coefficient (Wildman–Crippen LogP) is 5.11.